The van der Waals surface area contributed by atoms with Gasteiger partial charge in [-0.25, -0.2) is 8.78 Å². The van der Waals surface area contributed by atoms with Gasteiger partial charge in [0.05, 0.1) is 0 Å². The summed E-state index contributed by atoms with van der Waals surface area (Å²) < 4.78 is 55.8. The van der Waals surface area contributed by atoms with Crippen LogP contribution in [0.2, 0.25) is 0 Å². The topological polar surface area (TPSA) is 9.23 Å². The maximum atomic E-state index is 13.8. The molecule has 2 rings (SSSR count). The van der Waals surface area contributed by atoms with Gasteiger partial charge in [-0.2, -0.15) is 8.78 Å². The monoisotopic (exact) mass is 366 g/mol. The summed E-state index contributed by atoms with van der Waals surface area (Å²) in [6.45, 7) is 0. The molecule has 1 saturated carbocycles. The van der Waals surface area contributed by atoms with Gasteiger partial charge in [0.1, 0.15) is 0 Å². The van der Waals surface area contributed by atoms with Crippen molar-refractivity contribution in [1.29, 1.82) is 0 Å². The molecule has 6 heteroatoms. The molecule has 0 aromatic heterocycles. The molecule has 0 radical (unpaired) electrons. The van der Waals surface area contributed by atoms with E-state index in [0.29, 0.717) is 11.5 Å². The predicted molar refractivity (Wildman–Crippen MR) is 75.8 cm³/mol. The van der Waals surface area contributed by atoms with E-state index in [1.807, 2.05) is 0 Å². The maximum Gasteiger partial charge on any atom is 0.305 e. The molecule has 1 aliphatic carbocycles. The Balaban J connectivity index is 2.14. The molecule has 0 unspecified atom stereocenters. The van der Waals surface area contributed by atoms with Crippen molar-refractivity contribution in [3.8, 4) is 5.75 Å². The molecule has 0 heterocycles. The first-order chi connectivity index (χ1) is 10.0. The molecule has 0 bridgehead atoms. The Labute approximate surface area is 129 Å². The Morgan fingerprint density at radius 1 is 1.14 bits per heavy atom. The maximum absolute atomic E-state index is 13.8. The zero-order valence-electron chi connectivity index (χ0n) is 11.2. The van der Waals surface area contributed by atoms with E-state index >= 15 is 0 Å². The van der Waals surface area contributed by atoms with Crippen molar-refractivity contribution in [2.45, 2.75) is 31.6 Å². The summed E-state index contributed by atoms with van der Waals surface area (Å²) in [5.74, 6) is -1.99. The average Bonchev–Trinajstić information content (AvgIpc) is 2.46. The lowest BCUT2D eigenvalue weighted by molar-refractivity contribution is 0.339. The Hall–Kier alpha value is -1.04. The first kappa shape index (κ1) is 16.3. The van der Waals surface area contributed by atoms with Gasteiger partial charge in [-0.3, -0.25) is 0 Å². The molecule has 0 atom stereocenters. The lowest BCUT2D eigenvalue weighted by atomic mass is 9.79. The summed E-state index contributed by atoms with van der Waals surface area (Å²) in [5.41, 5.74) is 0.565. The van der Waals surface area contributed by atoms with Crippen molar-refractivity contribution >= 4 is 15.9 Å². The van der Waals surface area contributed by atoms with Crippen LogP contribution in [0.4, 0.5) is 17.6 Å². The molecular formula is C15H15BrF4O. The van der Waals surface area contributed by atoms with Gasteiger partial charge in [-0.15, -0.1) is 0 Å². The van der Waals surface area contributed by atoms with Crippen molar-refractivity contribution in [3.05, 3.63) is 41.7 Å². The molecule has 1 aliphatic rings. The van der Waals surface area contributed by atoms with Gasteiger partial charge >= 0.3 is 6.08 Å². The summed E-state index contributed by atoms with van der Waals surface area (Å²) in [6.07, 6.45) is 1.64. The Kier molecular flexibility index (Phi) is 5.67. The molecule has 1 aromatic rings. The smallest absolute Gasteiger partial charge is 0.305 e. The molecule has 0 saturated heterocycles. The van der Waals surface area contributed by atoms with Gasteiger partial charge in [-0.1, -0.05) is 15.9 Å². The largest absolute Gasteiger partial charge is 0.453 e. The van der Waals surface area contributed by atoms with Crippen LogP contribution in [0.5, 0.6) is 5.75 Å². The van der Waals surface area contributed by atoms with E-state index in [1.165, 1.54) is 12.1 Å². The van der Waals surface area contributed by atoms with Gasteiger partial charge in [0.25, 0.3) is 0 Å². The zero-order chi connectivity index (χ0) is 15.4. The number of hydrogen-bond donors (Lipinski definition) is 0. The van der Waals surface area contributed by atoms with E-state index in [2.05, 4.69) is 20.7 Å². The van der Waals surface area contributed by atoms with E-state index in [4.69, 9.17) is 0 Å². The Morgan fingerprint density at radius 2 is 1.71 bits per heavy atom. The highest BCUT2D eigenvalue weighted by molar-refractivity contribution is 9.09. The van der Waals surface area contributed by atoms with Crippen molar-refractivity contribution in [2.75, 3.05) is 5.33 Å². The molecular weight excluding hydrogens is 352 g/mol. The quantitative estimate of drug-likeness (QED) is 0.374. The fourth-order valence-corrected chi connectivity index (χ4v) is 3.33. The van der Waals surface area contributed by atoms with Gasteiger partial charge in [-0.05, 0) is 55.2 Å². The van der Waals surface area contributed by atoms with Crippen LogP contribution in [0.1, 0.15) is 37.2 Å². The highest BCUT2D eigenvalue weighted by atomic mass is 79.9. The number of hydrogen-bond acceptors (Lipinski definition) is 1. The number of rotatable bonds is 4. The number of benzene rings is 1. The van der Waals surface area contributed by atoms with Crippen molar-refractivity contribution in [2.24, 2.45) is 5.92 Å². The normalized spacial score (nSPS) is 22.0. The predicted octanol–water partition coefficient (Wildman–Crippen LogP) is 5.75. The van der Waals surface area contributed by atoms with Gasteiger partial charge in [0.15, 0.2) is 23.6 Å². The lowest BCUT2D eigenvalue weighted by Gasteiger charge is -2.27. The number of ether oxygens (including phenoxy) is 1. The lowest BCUT2D eigenvalue weighted by Crippen LogP contribution is -2.14. The van der Waals surface area contributed by atoms with Crippen molar-refractivity contribution in [1.82, 2.24) is 0 Å². The zero-order valence-corrected chi connectivity index (χ0v) is 12.8. The van der Waals surface area contributed by atoms with E-state index in [1.54, 1.807) is 0 Å². The molecule has 116 valence electrons. The summed E-state index contributed by atoms with van der Waals surface area (Å²) in [4.78, 5) is 0. The standard InChI is InChI=1S/C15H15BrF4O/c16-7-9-1-3-10(4-2-9)11-5-12(17)15(13(18)6-11)21-8-14(19)20/h5-6,8-10H,1-4,7H2. The molecule has 0 amide bonds. The summed E-state index contributed by atoms with van der Waals surface area (Å²) in [5, 5.41) is 0.941. The minimum atomic E-state index is -2.15. The second-order valence-corrected chi connectivity index (χ2v) is 5.86. The van der Waals surface area contributed by atoms with E-state index < -0.39 is 23.5 Å². The molecule has 0 spiro atoms. The van der Waals surface area contributed by atoms with Crippen LogP contribution in [0, 0.1) is 17.6 Å². The third-order valence-corrected chi connectivity index (χ3v) is 4.74. The van der Waals surface area contributed by atoms with E-state index in [0.717, 1.165) is 31.0 Å². The minimum Gasteiger partial charge on any atom is -0.453 e. The number of halogens is 5. The van der Waals surface area contributed by atoms with Gasteiger partial charge < -0.3 is 4.74 Å². The molecule has 0 N–H and O–H groups in total. The highest BCUT2D eigenvalue weighted by Crippen LogP contribution is 2.38. The Morgan fingerprint density at radius 3 is 2.19 bits per heavy atom. The minimum absolute atomic E-state index is 0.0301. The first-order valence-corrected chi connectivity index (χ1v) is 7.86. The SMILES string of the molecule is FC(F)=COc1c(F)cc(C2CCC(CBr)CC2)cc1F. The second-order valence-electron chi connectivity index (χ2n) is 5.21. The highest BCUT2D eigenvalue weighted by Gasteiger charge is 2.24. The third kappa shape index (κ3) is 4.22. The second kappa shape index (κ2) is 7.29. The van der Waals surface area contributed by atoms with Crippen LogP contribution in [0.25, 0.3) is 0 Å². The first-order valence-electron chi connectivity index (χ1n) is 6.74. The molecule has 1 aromatic carbocycles. The van der Waals surface area contributed by atoms with E-state index in [-0.39, 0.29) is 12.2 Å². The van der Waals surface area contributed by atoms with Crippen molar-refractivity contribution < 1.29 is 22.3 Å². The fourth-order valence-electron chi connectivity index (χ4n) is 2.68. The number of alkyl halides is 1. The summed E-state index contributed by atoms with van der Waals surface area (Å²) >= 11 is 3.45. The van der Waals surface area contributed by atoms with Gasteiger partial charge in [0.2, 0.25) is 0 Å². The van der Waals surface area contributed by atoms with Crippen LogP contribution in [0.3, 0.4) is 0 Å². The van der Waals surface area contributed by atoms with E-state index in [9.17, 15) is 17.6 Å². The van der Waals surface area contributed by atoms with Crippen LogP contribution >= 0.6 is 15.9 Å². The average molecular weight is 367 g/mol. The van der Waals surface area contributed by atoms with Gasteiger partial charge in [0, 0.05) is 5.33 Å². The molecule has 21 heavy (non-hydrogen) atoms. The fraction of sp³-hybridized carbons (Fsp3) is 0.467. The Bertz CT molecular complexity index is 497. The molecule has 1 nitrogen and oxygen atoms in total. The van der Waals surface area contributed by atoms with Crippen LogP contribution in [-0.4, -0.2) is 5.33 Å². The molecule has 1 fully saturated rings. The molecule has 0 aliphatic heterocycles. The van der Waals surface area contributed by atoms with Crippen molar-refractivity contribution in [3.63, 3.8) is 0 Å². The van der Waals surface area contributed by atoms with Crippen LogP contribution in [-0.2, 0) is 0 Å². The summed E-state index contributed by atoms with van der Waals surface area (Å²) in [7, 11) is 0. The van der Waals surface area contributed by atoms with Crippen LogP contribution < -0.4 is 4.74 Å². The van der Waals surface area contributed by atoms with Crippen LogP contribution in [0.15, 0.2) is 24.5 Å². The third-order valence-electron chi connectivity index (χ3n) is 3.82. The summed E-state index contributed by atoms with van der Waals surface area (Å²) in [6, 6.07) is 2.36.